The Morgan fingerprint density at radius 1 is 1.62 bits per heavy atom. The Morgan fingerprint density at radius 3 is 3.08 bits per heavy atom. The lowest BCUT2D eigenvalue weighted by atomic mass is 10.4. The zero-order chi connectivity index (χ0) is 9.52. The van der Waals surface area contributed by atoms with Crippen molar-refractivity contribution in [3.05, 3.63) is 11.9 Å². The van der Waals surface area contributed by atoms with Crippen molar-refractivity contribution in [1.29, 1.82) is 0 Å². The average Bonchev–Trinajstić information content (AvgIpc) is 2.52. The second kappa shape index (κ2) is 5.99. The topological polar surface area (TPSA) is 42.7 Å². The summed E-state index contributed by atoms with van der Waals surface area (Å²) in [4.78, 5) is 0. The van der Waals surface area contributed by atoms with Gasteiger partial charge in [-0.05, 0) is 25.0 Å². The second-order valence-corrected chi connectivity index (χ2v) is 3.86. The minimum Gasteiger partial charge on any atom is -0.311 e. The number of aromatic nitrogens is 3. The largest absolute Gasteiger partial charge is 0.311 e. The van der Waals surface area contributed by atoms with Gasteiger partial charge < -0.3 is 5.32 Å². The van der Waals surface area contributed by atoms with Gasteiger partial charge in [0.05, 0.1) is 11.9 Å². The number of nitrogens with one attached hydrogen (secondary N) is 1. The van der Waals surface area contributed by atoms with E-state index in [0.717, 1.165) is 18.8 Å². The molecule has 0 aliphatic carbocycles. The van der Waals surface area contributed by atoms with Gasteiger partial charge in [0.2, 0.25) is 0 Å². The van der Waals surface area contributed by atoms with Crippen molar-refractivity contribution in [3.63, 3.8) is 0 Å². The summed E-state index contributed by atoms with van der Waals surface area (Å²) in [6.07, 6.45) is 5.14. The van der Waals surface area contributed by atoms with Gasteiger partial charge >= 0.3 is 0 Å². The van der Waals surface area contributed by atoms with Gasteiger partial charge in [0, 0.05) is 13.6 Å². The van der Waals surface area contributed by atoms with Gasteiger partial charge in [0.15, 0.2) is 0 Å². The highest BCUT2D eigenvalue weighted by Gasteiger charge is 1.97. The summed E-state index contributed by atoms with van der Waals surface area (Å²) in [7, 11) is 1.91. The minimum atomic E-state index is 0.859. The molecule has 13 heavy (non-hydrogen) atoms. The number of nitrogens with zero attached hydrogens (tertiary/aromatic N) is 3. The number of thioether (sulfide) groups is 1. The fraction of sp³-hybridized carbons (Fsp3) is 0.750. The van der Waals surface area contributed by atoms with E-state index in [1.54, 1.807) is 10.9 Å². The first-order valence-electron chi connectivity index (χ1n) is 4.38. The minimum absolute atomic E-state index is 0.859. The molecule has 0 aliphatic heterocycles. The maximum atomic E-state index is 3.85. The highest BCUT2D eigenvalue weighted by molar-refractivity contribution is 7.98. The molecule has 0 spiro atoms. The van der Waals surface area contributed by atoms with Crippen molar-refractivity contribution in [3.8, 4) is 0 Å². The smallest absolute Gasteiger partial charge is 0.0738 e. The number of hydrogen-bond donors (Lipinski definition) is 1. The molecule has 1 aromatic rings. The van der Waals surface area contributed by atoms with E-state index < -0.39 is 0 Å². The summed E-state index contributed by atoms with van der Waals surface area (Å²) in [5.41, 5.74) is 1.13. The first-order valence-corrected chi connectivity index (χ1v) is 5.77. The van der Waals surface area contributed by atoms with Crippen molar-refractivity contribution in [2.75, 3.05) is 18.6 Å². The Kier molecular flexibility index (Phi) is 4.85. The molecule has 0 amide bonds. The predicted octanol–water partition coefficient (Wildman–Crippen LogP) is 0.658. The zero-order valence-electron chi connectivity index (χ0n) is 8.16. The van der Waals surface area contributed by atoms with E-state index in [0.29, 0.717) is 0 Å². The molecule has 5 heteroatoms. The van der Waals surface area contributed by atoms with Crippen LogP contribution in [0.25, 0.3) is 0 Å². The van der Waals surface area contributed by atoms with Crippen LogP contribution in [-0.2, 0) is 13.6 Å². The lowest BCUT2D eigenvalue weighted by molar-refractivity contribution is 0.613. The van der Waals surface area contributed by atoms with Gasteiger partial charge in [-0.1, -0.05) is 5.21 Å². The number of rotatable bonds is 6. The standard InChI is InChI=1S/C8H16N4S/c1-12-8(7-10-11-12)6-9-4-3-5-13-2/h7,9H,3-6H2,1-2H3. The van der Waals surface area contributed by atoms with Crippen molar-refractivity contribution in [2.24, 2.45) is 7.05 Å². The van der Waals surface area contributed by atoms with E-state index in [1.807, 2.05) is 18.8 Å². The van der Waals surface area contributed by atoms with Crippen molar-refractivity contribution in [2.45, 2.75) is 13.0 Å². The highest BCUT2D eigenvalue weighted by Crippen LogP contribution is 1.95. The van der Waals surface area contributed by atoms with Crippen LogP contribution in [0.2, 0.25) is 0 Å². The van der Waals surface area contributed by atoms with Crippen LogP contribution in [0.1, 0.15) is 12.1 Å². The molecule has 1 aromatic heterocycles. The van der Waals surface area contributed by atoms with Crippen molar-refractivity contribution >= 4 is 11.8 Å². The Labute approximate surface area is 83.1 Å². The van der Waals surface area contributed by atoms with Crippen molar-refractivity contribution in [1.82, 2.24) is 20.3 Å². The van der Waals surface area contributed by atoms with Gasteiger partial charge in [-0.3, -0.25) is 4.68 Å². The third-order valence-electron chi connectivity index (χ3n) is 1.82. The lowest BCUT2D eigenvalue weighted by Crippen LogP contribution is -2.17. The molecule has 74 valence electrons. The van der Waals surface area contributed by atoms with Crippen LogP contribution in [0.15, 0.2) is 6.20 Å². The first-order chi connectivity index (χ1) is 6.34. The molecule has 0 aromatic carbocycles. The van der Waals surface area contributed by atoms with Crippen LogP contribution in [0.4, 0.5) is 0 Å². The van der Waals surface area contributed by atoms with Gasteiger partial charge in [0.1, 0.15) is 0 Å². The highest BCUT2D eigenvalue weighted by atomic mass is 32.2. The Balaban J connectivity index is 2.10. The summed E-state index contributed by atoms with van der Waals surface area (Å²) >= 11 is 1.88. The Hall–Kier alpha value is -0.550. The summed E-state index contributed by atoms with van der Waals surface area (Å²) in [5.74, 6) is 1.22. The Bertz CT molecular complexity index is 236. The van der Waals surface area contributed by atoms with E-state index >= 15 is 0 Å². The molecule has 0 saturated carbocycles. The molecular formula is C8H16N4S. The third kappa shape index (κ3) is 3.78. The molecule has 0 atom stereocenters. The van der Waals surface area contributed by atoms with Gasteiger partial charge in [-0.2, -0.15) is 11.8 Å². The summed E-state index contributed by atoms with van der Waals surface area (Å²) in [5, 5.41) is 11.0. The van der Waals surface area contributed by atoms with Gasteiger partial charge in [-0.15, -0.1) is 5.10 Å². The van der Waals surface area contributed by atoms with Crippen LogP contribution in [0.3, 0.4) is 0 Å². The molecule has 0 bridgehead atoms. The first kappa shape index (κ1) is 10.5. The third-order valence-corrected chi connectivity index (χ3v) is 2.51. The van der Waals surface area contributed by atoms with Crippen LogP contribution >= 0.6 is 11.8 Å². The van der Waals surface area contributed by atoms with Crippen molar-refractivity contribution < 1.29 is 0 Å². The lowest BCUT2D eigenvalue weighted by Gasteiger charge is -2.02. The fourth-order valence-corrected chi connectivity index (χ4v) is 1.46. The molecule has 0 unspecified atom stereocenters. The fourth-order valence-electron chi connectivity index (χ4n) is 1.03. The normalized spacial score (nSPS) is 10.6. The molecule has 1 heterocycles. The van der Waals surface area contributed by atoms with Gasteiger partial charge in [0.25, 0.3) is 0 Å². The maximum Gasteiger partial charge on any atom is 0.0738 e. The molecule has 0 aliphatic rings. The van der Waals surface area contributed by atoms with Crippen LogP contribution in [0.5, 0.6) is 0 Å². The van der Waals surface area contributed by atoms with E-state index in [-0.39, 0.29) is 0 Å². The molecule has 0 fully saturated rings. The molecule has 1 rings (SSSR count). The zero-order valence-corrected chi connectivity index (χ0v) is 8.97. The van der Waals surface area contributed by atoms with E-state index in [2.05, 4.69) is 21.9 Å². The molecule has 1 N–H and O–H groups in total. The predicted molar refractivity (Wildman–Crippen MR) is 55.7 cm³/mol. The number of aryl methyl sites for hydroxylation is 1. The summed E-state index contributed by atoms with van der Waals surface area (Å²) < 4.78 is 1.79. The summed E-state index contributed by atoms with van der Waals surface area (Å²) in [6.45, 7) is 1.92. The number of hydrogen-bond acceptors (Lipinski definition) is 4. The molecular weight excluding hydrogens is 184 g/mol. The van der Waals surface area contributed by atoms with E-state index in [4.69, 9.17) is 0 Å². The second-order valence-electron chi connectivity index (χ2n) is 2.87. The quantitative estimate of drug-likeness (QED) is 0.685. The molecule has 4 nitrogen and oxygen atoms in total. The van der Waals surface area contributed by atoms with E-state index in [1.165, 1.54) is 12.2 Å². The Morgan fingerprint density at radius 2 is 2.46 bits per heavy atom. The van der Waals surface area contributed by atoms with E-state index in [9.17, 15) is 0 Å². The monoisotopic (exact) mass is 200 g/mol. The average molecular weight is 200 g/mol. The maximum absolute atomic E-state index is 3.85. The SMILES string of the molecule is CSCCCNCc1cnnn1C. The van der Waals surface area contributed by atoms with Crippen LogP contribution in [0, 0.1) is 0 Å². The van der Waals surface area contributed by atoms with Crippen LogP contribution < -0.4 is 5.32 Å². The molecule has 0 radical (unpaired) electrons. The van der Waals surface area contributed by atoms with Gasteiger partial charge in [-0.25, -0.2) is 0 Å². The van der Waals surface area contributed by atoms with Crippen LogP contribution in [-0.4, -0.2) is 33.5 Å². The summed E-state index contributed by atoms with van der Waals surface area (Å²) in [6, 6.07) is 0. The molecule has 0 saturated heterocycles.